The van der Waals surface area contributed by atoms with Gasteiger partial charge < -0.3 is 9.84 Å². The normalized spacial score (nSPS) is 11.8. The van der Waals surface area contributed by atoms with Crippen LogP contribution in [-0.2, 0) is 14.8 Å². The highest BCUT2D eigenvalue weighted by molar-refractivity contribution is 7.89. The fourth-order valence-electron chi connectivity index (χ4n) is 1.63. The summed E-state index contributed by atoms with van der Waals surface area (Å²) in [7, 11) is -3.61. The number of carbonyl (C=O) groups is 1. The molecular weight excluding hydrogens is 294 g/mol. The Hall–Kier alpha value is -1.28. The SMILES string of the molecule is CC(C)C(=O)c1ccc(S(=O)(=O)NCCOCCO)cc1. The first-order chi connectivity index (χ1) is 9.88. The van der Waals surface area contributed by atoms with Crippen LogP contribution in [0, 0.1) is 5.92 Å². The molecular formula is C14H21NO5S. The Balaban J connectivity index is 2.65. The van der Waals surface area contributed by atoms with Gasteiger partial charge in [0.1, 0.15) is 0 Å². The highest BCUT2D eigenvalue weighted by Gasteiger charge is 2.15. The molecule has 21 heavy (non-hydrogen) atoms. The molecule has 0 aliphatic carbocycles. The van der Waals surface area contributed by atoms with Gasteiger partial charge >= 0.3 is 0 Å². The highest BCUT2D eigenvalue weighted by atomic mass is 32.2. The van der Waals surface area contributed by atoms with Gasteiger partial charge in [-0.2, -0.15) is 0 Å². The first-order valence-electron chi connectivity index (χ1n) is 6.71. The zero-order valence-corrected chi connectivity index (χ0v) is 13.0. The van der Waals surface area contributed by atoms with Crippen molar-refractivity contribution >= 4 is 15.8 Å². The molecule has 0 amide bonds. The molecule has 0 aromatic heterocycles. The number of sulfonamides is 1. The Morgan fingerprint density at radius 1 is 1.24 bits per heavy atom. The number of ketones is 1. The molecule has 0 saturated heterocycles. The lowest BCUT2D eigenvalue weighted by molar-refractivity contribution is 0.0939. The molecule has 0 atom stereocenters. The first-order valence-corrected chi connectivity index (χ1v) is 8.19. The molecule has 0 heterocycles. The molecule has 0 aliphatic heterocycles. The number of hydrogen-bond donors (Lipinski definition) is 2. The molecule has 0 fully saturated rings. The van der Waals surface area contributed by atoms with Gasteiger partial charge in [-0.3, -0.25) is 4.79 Å². The number of hydrogen-bond acceptors (Lipinski definition) is 5. The van der Waals surface area contributed by atoms with Crippen LogP contribution in [0.1, 0.15) is 24.2 Å². The molecule has 7 heteroatoms. The molecule has 1 aromatic carbocycles. The first kappa shape index (κ1) is 17.8. The van der Waals surface area contributed by atoms with E-state index in [4.69, 9.17) is 9.84 Å². The molecule has 6 nitrogen and oxygen atoms in total. The Morgan fingerprint density at radius 2 is 1.86 bits per heavy atom. The Labute approximate surface area is 125 Å². The molecule has 1 rings (SSSR count). The van der Waals surface area contributed by atoms with Gasteiger partial charge in [-0.05, 0) is 12.1 Å². The van der Waals surface area contributed by atoms with Crippen LogP contribution in [0.3, 0.4) is 0 Å². The van der Waals surface area contributed by atoms with Gasteiger partial charge in [-0.25, -0.2) is 13.1 Å². The third-order valence-corrected chi connectivity index (χ3v) is 4.22. The van der Waals surface area contributed by atoms with E-state index in [9.17, 15) is 13.2 Å². The van der Waals surface area contributed by atoms with E-state index in [-0.39, 0.29) is 43.0 Å². The van der Waals surface area contributed by atoms with Gasteiger partial charge in [0.05, 0.1) is 24.7 Å². The van der Waals surface area contributed by atoms with Crippen molar-refractivity contribution in [2.24, 2.45) is 5.92 Å². The minimum absolute atomic E-state index is 0.0238. The summed E-state index contributed by atoms with van der Waals surface area (Å²) in [5.41, 5.74) is 0.496. The summed E-state index contributed by atoms with van der Waals surface area (Å²) in [4.78, 5) is 11.9. The van der Waals surface area contributed by atoms with E-state index in [2.05, 4.69) is 4.72 Å². The summed E-state index contributed by atoms with van der Waals surface area (Å²) in [6, 6.07) is 5.84. The minimum Gasteiger partial charge on any atom is -0.394 e. The number of benzene rings is 1. The van der Waals surface area contributed by atoms with E-state index in [1.807, 2.05) is 0 Å². The molecule has 1 aromatic rings. The van der Waals surface area contributed by atoms with Crippen LogP contribution in [-0.4, -0.2) is 45.7 Å². The van der Waals surface area contributed by atoms with Gasteiger partial charge in [-0.15, -0.1) is 0 Å². The fraction of sp³-hybridized carbons (Fsp3) is 0.500. The predicted molar refractivity (Wildman–Crippen MR) is 78.7 cm³/mol. The molecule has 0 aliphatic rings. The standard InChI is InChI=1S/C14H21NO5S/c1-11(2)14(17)12-3-5-13(6-4-12)21(18,19)15-7-9-20-10-8-16/h3-6,11,15-16H,7-10H2,1-2H3. The van der Waals surface area contributed by atoms with Crippen molar-refractivity contribution in [1.82, 2.24) is 4.72 Å². The van der Waals surface area contributed by atoms with Crippen LogP contribution in [0.4, 0.5) is 0 Å². The summed E-state index contributed by atoms with van der Waals surface area (Å²) in [6.45, 7) is 3.96. The average Bonchev–Trinajstić information content (AvgIpc) is 2.46. The average molecular weight is 315 g/mol. The van der Waals surface area contributed by atoms with Crippen LogP contribution in [0.5, 0.6) is 0 Å². The third kappa shape index (κ3) is 5.55. The lowest BCUT2D eigenvalue weighted by atomic mass is 10.0. The van der Waals surface area contributed by atoms with Gasteiger partial charge in [-0.1, -0.05) is 26.0 Å². The second kappa shape index (κ2) is 8.23. The molecule has 0 spiro atoms. The molecule has 0 saturated carbocycles. The molecule has 118 valence electrons. The summed E-state index contributed by atoms with van der Waals surface area (Å²) in [5, 5.41) is 8.52. The Morgan fingerprint density at radius 3 is 2.38 bits per heavy atom. The van der Waals surface area contributed by atoms with Crippen molar-refractivity contribution in [3.05, 3.63) is 29.8 Å². The summed E-state index contributed by atoms with van der Waals surface area (Å²) in [5.74, 6) is -0.154. The molecule has 0 bridgehead atoms. The van der Waals surface area contributed by atoms with Crippen LogP contribution in [0.15, 0.2) is 29.2 Å². The highest BCUT2D eigenvalue weighted by Crippen LogP contribution is 2.13. The monoisotopic (exact) mass is 315 g/mol. The predicted octanol–water partition coefficient (Wildman–Crippen LogP) is 0.812. The van der Waals surface area contributed by atoms with E-state index < -0.39 is 10.0 Å². The van der Waals surface area contributed by atoms with E-state index in [1.165, 1.54) is 24.3 Å². The summed E-state index contributed by atoms with van der Waals surface area (Å²) < 4.78 is 31.3. The molecule has 0 unspecified atom stereocenters. The van der Waals surface area contributed by atoms with E-state index in [0.29, 0.717) is 5.56 Å². The van der Waals surface area contributed by atoms with Crippen molar-refractivity contribution in [3.63, 3.8) is 0 Å². The number of ether oxygens (including phenoxy) is 1. The van der Waals surface area contributed by atoms with Crippen LogP contribution in [0.2, 0.25) is 0 Å². The zero-order valence-electron chi connectivity index (χ0n) is 12.2. The number of nitrogens with one attached hydrogen (secondary N) is 1. The van der Waals surface area contributed by atoms with Crippen molar-refractivity contribution in [2.45, 2.75) is 18.7 Å². The number of aliphatic hydroxyl groups excluding tert-OH is 1. The van der Waals surface area contributed by atoms with Crippen LogP contribution >= 0.6 is 0 Å². The number of carbonyl (C=O) groups excluding carboxylic acids is 1. The van der Waals surface area contributed by atoms with E-state index in [1.54, 1.807) is 13.8 Å². The summed E-state index contributed by atoms with van der Waals surface area (Å²) >= 11 is 0. The van der Waals surface area contributed by atoms with Gasteiger partial charge in [0.2, 0.25) is 10.0 Å². The number of rotatable bonds is 9. The minimum atomic E-state index is -3.61. The maximum Gasteiger partial charge on any atom is 0.240 e. The lowest BCUT2D eigenvalue weighted by Crippen LogP contribution is -2.27. The van der Waals surface area contributed by atoms with Gasteiger partial charge in [0.15, 0.2) is 5.78 Å². The molecule has 2 N–H and O–H groups in total. The fourth-order valence-corrected chi connectivity index (χ4v) is 2.64. The van der Waals surface area contributed by atoms with Crippen LogP contribution in [0.25, 0.3) is 0 Å². The van der Waals surface area contributed by atoms with E-state index in [0.717, 1.165) is 0 Å². The molecule has 0 radical (unpaired) electrons. The van der Waals surface area contributed by atoms with Crippen molar-refractivity contribution in [2.75, 3.05) is 26.4 Å². The number of Topliss-reactive ketones (excluding diaryl/α,β-unsaturated/α-hetero) is 1. The van der Waals surface area contributed by atoms with Crippen molar-refractivity contribution in [1.29, 1.82) is 0 Å². The van der Waals surface area contributed by atoms with Crippen molar-refractivity contribution < 1.29 is 23.1 Å². The quantitative estimate of drug-likeness (QED) is 0.520. The van der Waals surface area contributed by atoms with Crippen LogP contribution < -0.4 is 4.72 Å². The second-order valence-corrected chi connectivity index (χ2v) is 6.54. The largest absolute Gasteiger partial charge is 0.394 e. The smallest absolute Gasteiger partial charge is 0.240 e. The Bertz CT molecular complexity index is 551. The van der Waals surface area contributed by atoms with E-state index >= 15 is 0 Å². The third-order valence-electron chi connectivity index (χ3n) is 2.75. The number of aliphatic hydroxyl groups is 1. The second-order valence-electron chi connectivity index (χ2n) is 4.78. The maximum absolute atomic E-state index is 12.0. The maximum atomic E-state index is 12.0. The van der Waals surface area contributed by atoms with Gasteiger partial charge in [0.25, 0.3) is 0 Å². The zero-order chi connectivity index (χ0) is 15.9. The summed E-state index contributed by atoms with van der Waals surface area (Å²) in [6.07, 6.45) is 0. The lowest BCUT2D eigenvalue weighted by Gasteiger charge is -2.08. The van der Waals surface area contributed by atoms with Crippen molar-refractivity contribution in [3.8, 4) is 0 Å². The van der Waals surface area contributed by atoms with Gasteiger partial charge in [0, 0.05) is 18.0 Å². The Kier molecular flexibility index (Phi) is 6.97. The topological polar surface area (TPSA) is 92.7 Å².